The van der Waals surface area contributed by atoms with Gasteiger partial charge < -0.3 is 5.73 Å². The standard InChI is InChI=1S/C14H17F2N3/c1-7(2)6-9-13(18-19-14(9)17)11-10(15)5-4-8(3)12(11)16/h4-5,7H,6H2,1-3H3,(H3,17,18,19). The van der Waals surface area contributed by atoms with Crippen molar-refractivity contribution in [3.8, 4) is 11.3 Å². The lowest BCUT2D eigenvalue weighted by Gasteiger charge is -2.10. The molecule has 5 heteroatoms. The molecular formula is C14H17F2N3. The third-order valence-electron chi connectivity index (χ3n) is 3.05. The number of hydrogen-bond donors (Lipinski definition) is 2. The van der Waals surface area contributed by atoms with Gasteiger partial charge in [-0.05, 0) is 30.9 Å². The van der Waals surface area contributed by atoms with Crippen molar-refractivity contribution in [1.29, 1.82) is 0 Å². The van der Waals surface area contributed by atoms with Gasteiger partial charge in [-0.25, -0.2) is 8.78 Å². The number of aromatic nitrogens is 2. The van der Waals surface area contributed by atoms with E-state index in [4.69, 9.17) is 5.73 Å². The molecule has 1 aromatic heterocycles. The number of nitrogens with one attached hydrogen (secondary N) is 1. The van der Waals surface area contributed by atoms with E-state index in [1.165, 1.54) is 12.1 Å². The SMILES string of the molecule is Cc1ccc(F)c(-c2[nH]nc(N)c2CC(C)C)c1F. The number of nitrogen functional groups attached to an aromatic ring is 1. The maximum atomic E-state index is 14.1. The molecule has 102 valence electrons. The van der Waals surface area contributed by atoms with E-state index in [0.29, 0.717) is 35.0 Å². The van der Waals surface area contributed by atoms with Crippen LogP contribution in [0.25, 0.3) is 11.3 Å². The van der Waals surface area contributed by atoms with Crippen LogP contribution in [0.1, 0.15) is 25.0 Å². The van der Waals surface area contributed by atoms with Gasteiger partial charge >= 0.3 is 0 Å². The minimum Gasteiger partial charge on any atom is -0.382 e. The maximum absolute atomic E-state index is 14.1. The van der Waals surface area contributed by atoms with Crippen LogP contribution in [-0.2, 0) is 6.42 Å². The first-order valence-corrected chi connectivity index (χ1v) is 6.19. The summed E-state index contributed by atoms with van der Waals surface area (Å²) in [6.07, 6.45) is 0.616. The Balaban J connectivity index is 2.63. The van der Waals surface area contributed by atoms with Crippen molar-refractivity contribution in [3.63, 3.8) is 0 Å². The molecule has 0 atom stereocenters. The van der Waals surface area contributed by atoms with Gasteiger partial charge in [0.05, 0.1) is 11.3 Å². The Bertz CT molecular complexity index is 603. The summed E-state index contributed by atoms with van der Waals surface area (Å²) in [6.45, 7) is 5.62. The number of rotatable bonds is 3. The monoisotopic (exact) mass is 265 g/mol. The van der Waals surface area contributed by atoms with Gasteiger partial charge in [-0.1, -0.05) is 19.9 Å². The summed E-state index contributed by atoms with van der Waals surface area (Å²) in [5.41, 5.74) is 7.09. The van der Waals surface area contributed by atoms with Gasteiger partial charge in [0.25, 0.3) is 0 Å². The molecule has 0 aliphatic heterocycles. The van der Waals surface area contributed by atoms with E-state index >= 15 is 0 Å². The summed E-state index contributed by atoms with van der Waals surface area (Å²) >= 11 is 0. The molecule has 0 radical (unpaired) electrons. The molecule has 0 unspecified atom stereocenters. The third kappa shape index (κ3) is 2.45. The number of aromatic amines is 1. The van der Waals surface area contributed by atoms with Crippen molar-refractivity contribution < 1.29 is 8.78 Å². The molecule has 3 nitrogen and oxygen atoms in total. The summed E-state index contributed by atoms with van der Waals surface area (Å²) in [5, 5.41) is 6.53. The molecule has 0 saturated heterocycles. The Kier molecular flexibility index (Phi) is 3.55. The van der Waals surface area contributed by atoms with Crippen molar-refractivity contribution in [2.75, 3.05) is 5.73 Å². The van der Waals surface area contributed by atoms with Crippen molar-refractivity contribution in [2.45, 2.75) is 27.2 Å². The largest absolute Gasteiger partial charge is 0.382 e. The molecule has 0 bridgehead atoms. The Morgan fingerprint density at radius 2 is 2.00 bits per heavy atom. The second-order valence-corrected chi connectivity index (χ2v) is 5.11. The minimum absolute atomic E-state index is 0.0835. The van der Waals surface area contributed by atoms with Crippen LogP contribution in [0.5, 0.6) is 0 Å². The minimum atomic E-state index is -0.614. The van der Waals surface area contributed by atoms with Gasteiger partial charge in [0.15, 0.2) is 0 Å². The molecule has 19 heavy (non-hydrogen) atoms. The summed E-state index contributed by atoms with van der Waals surface area (Å²) in [5.74, 6) is -0.580. The van der Waals surface area contributed by atoms with Crippen LogP contribution >= 0.6 is 0 Å². The lowest BCUT2D eigenvalue weighted by atomic mass is 9.97. The molecule has 0 spiro atoms. The van der Waals surface area contributed by atoms with E-state index in [2.05, 4.69) is 10.2 Å². The average Bonchev–Trinajstić information content (AvgIpc) is 2.67. The zero-order valence-corrected chi connectivity index (χ0v) is 11.2. The van der Waals surface area contributed by atoms with Crippen LogP contribution in [0.2, 0.25) is 0 Å². The second-order valence-electron chi connectivity index (χ2n) is 5.11. The number of nitrogens with zero attached hydrogens (tertiary/aromatic N) is 1. The van der Waals surface area contributed by atoms with Gasteiger partial charge in [-0.15, -0.1) is 0 Å². The van der Waals surface area contributed by atoms with Crippen molar-refractivity contribution in [2.24, 2.45) is 5.92 Å². The average molecular weight is 265 g/mol. The maximum Gasteiger partial charge on any atom is 0.149 e. The first-order valence-electron chi connectivity index (χ1n) is 6.19. The topological polar surface area (TPSA) is 54.7 Å². The highest BCUT2D eigenvalue weighted by Gasteiger charge is 2.21. The van der Waals surface area contributed by atoms with E-state index < -0.39 is 11.6 Å². The van der Waals surface area contributed by atoms with E-state index in [9.17, 15) is 8.78 Å². The highest BCUT2D eigenvalue weighted by molar-refractivity contribution is 5.69. The molecular weight excluding hydrogens is 248 g/mol. The predicted octanol–water partition coefficient (Wildman–Crippen LogP) is 3.44. The van der Waals surface area contributed by atoms with Gasteiger partial charge in [0.1, 0.15) is 17.5 Å². The van der Waals surface area contributed by atoms with E-state index in [-0.39, 0.29) is 5.56 Å². The normalized spacial score (nSPS) is 11.3. The van der Waals surface area contributed by atoms with E-state index in [0.717, 1.165) is 0 Å². The second kappa shape index (κ2) is 4.99. The Hall–Kier alpha value is -1.91. The van der Waals surface area contributed by atoms with Gasteiger partial charge in [-0.3, -0.25) is 5.10 Å². The fourth-order valence-electron chi connectivity index (χ4n) is 2.09. The Labute approximate surface area is 110 Å². The van der Waals surface area contributed by atoms with Crippen LogP contribution in [0.3, 0.4) is 0 Å². The molecule has 2 rings (SSSR count). The lowest BCUT2D eigenvalue weighted by molar-refractivity contribution is 0.581. The van der Waals surface area contributed by atoms with Gasteiger partial charge in [-0.2, -0.15) is 5.10 Å². The fourth-order valence-corrected chi connectivity index (χ4v) is 2.09. The molecule has 1 aromatic carbocycles. The van der Waals surface area contributed by atoms with E-state index in [1.807, 2.05) is 13.8 Å². The van der Waals surface area contributed by atoms with Gasteiger partial charge in [0, 0.05) is 5.56 Å². The zero-order chi connectivity index (χ0) is 14.2. The third-order valence-corrected chi connectivity index (χ3v) is 3.05. The summed E-state index contributed by atoms with van der Waals surface area (Å²) in [7, 11) is 0. The number of halogens is 2. The van der Waals surface area contributed by atoms with E-state index in [1.54, 1.807) is 6.92 Å². The lowest BCUT2D eigenvalue weighted by Crippen LogP contribution is -2.01. The summed E-state index contributed by atoms with van der Waals surface area (Å²) in [6, 6.07) is 2.67. The van der Waals surface area contributed by atoms with Crippen LogP contribution in [0, 0.1) is 24.5 Å². The number of hydrogen-bond acceptors (Lipinski definition) is 2. The number of aryl methyl sites for hydroxylation is 1. The molecule has 2 aromatic rings. The van der Waals surface area contributed by atoms with Crippen LogP contribution in [-0.4, -0.2) is 10.2 Å². The van der Waals surface area contributed by atoms with Crippen molar-refractivity contribution in [3.05, 3.63) is 34.9 Å². The molecule has 0 aliphatic carbocycles. The number of benzene rings is 1. The van der Waals surface area contributed by atoms with Crippen molar-refractivity contribution in [1.82, 2.24) is 10.2 Å². The smallest absolute Gasteiger partial charge is 0.149 e. The molecule has 1 heterocycles. The van der Waals surface area contributed by atoms with Gasteiger partial charge in [0.2, 0.25) is 0 Å². The highest BCUT2D eigenvalue weighted by Crippen LogP contribution is 2.32. The zero-order valence-electron chi connectivity index (χ0n) is 11.2. The van der Waals surface area contributed by atoms with Crippen LogP contribution in [0.15, 0.2) is 12.1 Å². The number of nitrogens with two attached hydrogens (primary N) is 1. The number of anilines is 1. The summed E-state index contributed by atoms with van der Waals surface area (Å²) in [4.78, 5) is 0. The molecule has 0 fully saturated rings. The first kappa shape index (κ1) is 13.5. The fraction of sp³-hybridized carbons (Fsp3) is 0.357. The number of H-pyrrole nitrogens is 1. The quantitative estimate of drug-likeness (QED) is 0.893. The molecule has 3 N–H and O–H groups in total. The van der Waals surface area contributed by atoms with Crippen molar-refractivity contribution >= 4 is 5.82 Å². The van der Waals surface area contributed by atoms with Crippen LogP contribution < -0.4 is 5.73 Å². The summed E-state index contributed by atoms with van der Waals surface area (Å²) < 4.78 is 28.1. The highest BCUT2D eigenvalue weighted by atomic mass is 19.1. The van der Waals surface area contributed by atoms with Crippen LogP contribution in [0.4, 0.5) is 14.6 Å². The Morgan fingerprint density at radius 3 is 2.63 bits per heavy atom. The molecule has 0 amide bonds. The first-order chi connectivity index (χ1) is 8.91. The Morgan fingerprint density at radius 1 is 1.32 bits per heavy atom. The predicted molar refractivity (Wildman–Crippen MR) is 71.6 cm³/mol. The molecule has 0 aliphatic rings. The molecule has 0 saturated carbocycles.